The molecule has 11 heavy (non-hydrogen) atoms. The first-order chi connectivity index (χ1) is 4.72. The van der Waals surface area contributed by atoms with E-state index in [1.165, 1.54) is 0 Å². The molecule has 0 bridgehead atoms. The Morgan fingerprint density at radius 2 is 2.00 bits per heavy atom. The molecule has 0 aliphatic heterocycles. The van der Waals surface area contributed by atoms with Crippen LogP contribution in [0.2, 0.25) is 0 Å². The third kappa shape index (κ3) is 3.08. The zero-order valence-electron chi connectivity index (χ0n) is 6.32. The Kier molecular flexibility index (Phi) is 4.45. The zero-order valence-corrected chi connectivity index (χ0v) is 7.14. The van der Waals surface area contributed by atoms with E-state index in [2.05, 4.69) is 0 Å². The first-order valence-corrected chi connectivity index (χ1v) is 3.64. The van der Waals surface area contributed by atoms with Crippen LogP contribution in [-0.4, -0.2) is 17.6 Å². The molecule has 0 unspecified atom stereocenters. The van der Waals surface area contributed by atoms with E-state index in [1.54, 1.807) is 0 Å². The van der Waals surface area contributed by atoms with Crippen molar-refractivity contribution >= 4 is 18.4 Å². The number of hydrogen-bond donors (Lipinski definition) is 2. The average molecular weight is 180 g/mol. The number of aliphatic carboxylic acids is 1. The summed E-state index contributed by atoms with van der Waals surface area (Å²) in [4.78, 5) is 10.2. The third-order valence-electron chi connectivity index (χ3n) is 2.13. The molecule has 1 rings (SSSR count). The van der Waals surface area contributed by atoms with Crippen LogP contribution >= 0.6 is 12.4 Å². The number of halogens is 1. The molecule has 3 N–H and O–H groups in total. The zero-order chi connectivity index (χ0) is 7.56. The van der Waals surface area contributed by atoms with Crippen LogP contribution in [0.15, 0.2) is 0 Å². The van der Waals surface area contributed by atoms with Gasteiger partial charge in [-0.3, -0.25) is 4.79 Å². The van der Waals surface area contributed by atoms with Crippen LogP contribution in [0.1, 0.15) is 19.3 Å². The van der Waals surface area contributed by atoms with E-state index >= 15 is 0 Å². The molecule has 66 valence electrons. The third-order valence-corrected chi connectivity index (χ3v) is 2.13. The fraction of sp³-hybridized carbons (Fsp3) is 0.857. The van der Waals surface area contributed by atoms with Gasteiger partial charge in [0.25, 0.3) is 0 Å². The van der Waals surface area contributed by atoms with Gasteiger partial charge in [-0.25, -0.2) is 0 Å². The summed E-state index contributed by atoms with van der Waals surface area (Å²) in [5.41, 5.74) is 5.38. The molecular weight excluding hydrogens is 166 g/mol. The smallest absolute Gasteiger partial charge is 0.303 e. The van der Waals surface area contributed by atoms with Crippen molar-refractivity contribution in [2.24, 2.45) is 17.6 Å². The van der Waals surface area contributed by atoms with Gasteiger partial charge in [-0.2, -0.15) is 0 Å². The molecule has 0 atom stereocenters. The van der Waals surface area contributed by atoms with Crippen molar-refractivity contribution in [1.29, 1.82) is 0 Å². The van der Waals surface area contributed by atoms with E-state index in [-0.39, 0.29) is 12.4 Å². The monoisotopic (exact) mass is 179 g/mol. The summed E-state index contributed by atoms with van der Waals surface area (Å²) in [7, 11) is 0. The van der Waals surface area contributed by atoms with Gasteiger partial charge in [-0.1, -0.05) is 0 Å². The molecule has 1 aliphatic carbocycles. The van der Waals surface area contributed by atoms with Crippen molar-refractivity contribution < 1.29 is 9.90 Å². The normalized spacial score (nSPS) is 28.5. The number of carbonyl (C=O) groups is 1. The molecule has 0 saturated heterocycles. The number of rotatable bonds is 3. The summed E-state index contributed by atoms with van der Waals surface area (Å²) in [6, 6.07) is 0. The van der Waals surface area contributed by atoms with Gasteiger partial charge in [0.05, 0.1) is 0 Å². The predicted octanol–water partition coefficient (Wildman–Crippen LogP) is 0.868. The van der Waals surface area contributed by atoms with Crippen LogP contribution in [0, 0.1) is 11.8 Å². The summed E-state index contributed by atoms with van der Waals surface area (Å²) in [5.74, 6) is 0.330. The van der Waals surface area contributed by atoms with Gasteiger partial charge >= 0.3 is 5.97 Å². The first kappa shape index (κ1) is 10.7. The van der Waals surface area contributed by atoms with Crippen LogP contribution < -0.4 is 5.73 Å². The lowest BCUT2D eigenvalue weighted by atomic mass is 9.73. The van der Waals surface area contributed by atoms with Gasteiger partial charge in [-0.15, -0.1) is 12.4 Å². The standard InChI is InChI=1S/C7H13NO2.ClH/c8-4-6-1-5(2-6)3-7(9)10;/h5-6H,1-4,8H2,(H,9,10);1H. The minimum atomic E-state index is -0.680. The van der Waals surface area contributed by atoms with Crippen LogP contribution in [0.5, 0.6) is 0 Å². The van der Waals surface area contributed by atoms with Crippen molar-refractivity contribution in [2.75, 3.05) is 6.54 Å². The molecule has 1 fully saturated rings. The highest BCUT2D eigenvalue weighted by Crippen LogP contribution is 2.34. The highest BCUT2D eigenvalue weighted by atomic mass is 35.5. The van der Waals surface area contributed by atoms with Gasteiger partial charge in [0.15, 0.2) is 0 Å². The molecular formula is C7H14ClNO2. The Balaban J connectivity index is 0.000001000. The predicted molar refractivity (Wildman–Crippen MR) is 44.8 cm³/mol. The SMILES string of the molecule is Cl.NCC1CC(CC(=O)O)C1. The second kappa shape index (κ2) is 4.57. The molecule has 4 heteroatoms. The van der Waals surface area contributed by atoms with Gasteiger partial charge in [0, 0.05) is 6.42 Å². The van der Waals surface area contributed by atoms with Crippen molar-refractivity contribution in [3.63, 3.8) is 0 Å². The van der Waals surface area contributed by atoms with Crippen molar-refractivity contribution in [3.8, 4) is 0 Å². The molecule has 0 heterocycles. The quantitative estimate of drug-likeness (QED) is 0.676. The molecule has 1 aliphatic rings. The largest absolute Gasteiger partial charge is 0.481 e. The van der Waals surface area contributed by atoms with E-state index < -0.39 is 5.97 Å². The molecule has 0 aromatic rings. The Hall–Kier alpha value is -0.280. The van der Waals surface area contributed by atoms with Crippen molar-refractivity contribution in [2.45, 2.75) is 19.3 Å². The summed E-state index contributed by atoms with van der Waals surface area (Å²) < 4.78 is 0. The minimum Gasteiger partial charge on any atom is -0.481 e. The number of carboxylic acid groups (broad SMARTS) is 1. The Morgan fingerprint density at radius 1 is 1.45 bits per heavy atom. The lowest BCUT2D eigenvalue weighted by Gasteiger charge is -2.33. The van der Waals surface area contributed by atoms with E-state index in [9.17, 15) is 4.79 Å². The summed E-state index contributed by atoms with van der Waals surface area (Å²) in [6.07, 6.45) is 2.36. The van der Waals surface area contributed by atoms with E-state index in [0.717, 1.165) is 19.4 Å². The van der Waals surface area contributed by atoms with Crippen molar-refractivity contribution in [3.05, 3.63) is 0 Å². The Morgan fingerprint density at radius 3 is 2.36 bits per heavy atom. The maximum Gasteiger partial charge on any atom is 0.303 e. The van der Waals surface area contributed by atoms with E-state index in [1.807, 2.05) is 0 Å². The number of carboxylic acids is 1. The topological polar surface area (TPSA) is 63.3 Å². The van der Waals surface area contributed by atoms with Gasteiger partial charge in [-0.05, 0) is 31.2 Å². The van der Waals surface area contributed by atoms with Gasteiger partial charge in [0.1, 0.15) is 0 Å². The van der Waals surface area contributed by atoms with Crippen LogP contribution in [0.3, 0.4) is 0 Å². The number of hydrogen-bond acceptors (Lipinski definition) is 2. The molecule has 0 radical (unpaired) electrons. The summed E-state index contributed by atoms with van der Waals surface area (Å²) >= 11 is 0. The minimum absolute atomic E-state index is 0. The molecule has 3 nitrogen and oxygen atoms in total. The first-order valence-electron chi connectivity index (χ1n) is 3.64. The fourth-order valence-electron chi connectivity index (χ4n) is 1.48. The lowest BCUT2D eigenvalue weighted by Crippen LogP contribution is -2.31. The maximum absolute atomic E-state index is 10.2. The second-order valence-electron chi connectivity index (χ2n) is 3.04. The second-order valence-corrected chi connectivity index (χ2v) is 3.04. The van der Waals surface area contributed by atoms with Crippen molar-refractivity contribution in [1.82, 2.24) is 0 Å². The Bertz CT molecular complexity index is 134. The van der Waals surface area contributed by atoms with Gasteiger partial charge in [0.2, 0.25) is 0 Å². The van der Waals surface area contributed by atoms with E-state index in [0.29, 0.717) is 18.3 Å². The van der Waals surface area contributed by atoms with Crippen LogP contribution in [0.25, 0.3) is 0 Å². The lowest BCUT2D eigenvalue weighted by molar-refractivity contribution is -0.139. The number of nitrogens with two attached hydrogens (primary N) is 1. The molecule has 1 saturated carbocycles. The molecule has 0 aromatic carbocycles. The van der Waals surface area contributed by atoms with Gasteiger partial charge < -0.3 is 10.8 Å². The fourth-order valence-corrected chi connectivity index (χ4v) is 1.48. The molecule has 0 aromatic heterocycles. The summed E-state index contributed by atoms with van der Waals surface area (Å²) in [5, 5.41) is 8.38. The van der Waals surface area contributed by atoms with E-state index in [4.69, 9.17) is 10.8 Å². The highest BCUT2D eigenvalue weighted by molar-refractivity contribution is 5.85. The van der Waals surface area contributed by atoms with Crippen LogP contribution in [0.4, 0.5) is 0 Å². The Labute approximate surface area is 72.4 Å². The van der Waals surface area contributed by atoms with Crippen LogP contribution in [-0.2, 0) is 4.79 Å². The maximum atomic E-state index is 10.2. The molecule has 0 amide bonds. The average Bonchev–Trinajstić information content (AvgIpc) is 1.76. The molecule has 0 spiro atoms. The highest BCUT2D eigenvalue weighted by Gasteiger charge is 2.29. The summed E-state index contributed by atoms with van der Waals surface area (Å²) in [6.45, 7) is 0.718.